The lowest BCUT2D eigenvalue weighted by Gasteiger charge is -2.31. The van der Waals surface area contributed by atoms with Crippen LogP contribution in [0.2, 0.25) is 0 Å². The molecule has 0 bridgehead atoms. The topological polar surface area (TPSA) is 12.0 Å². The smallest absolute Gasteiger partial charge is 0.310 e. The fourth-order valence-corrected chi connectivity index (χ4v) is 3.86. The molecule has 27 heavy (non-hydrogen) atoms. The second kappa shape index (κ2) is 7.89. The summed E-state index contributed by atoms with van der Waals surface area (Å²) >= 11 is 0. The summed E-state index contributed by atoms with van der Waals surface area (Å²) in [6.45, 7) is 4.82. The van der Waals surface area contributed by atoms with Gasteiger partial charge in [0.2, 0.25) is 0 Å². The molecule has 0 heterocycles. The molecule has 3 rings (SSSR count). The van der Waals surface area contributed by atoms with Crippen LogP contribution in [0.5, 0.6) is 0 Å². The summed E-state index contributed by atoms with van der Waals surface area (Å²) in [6.07, 6.45) is 2.06. The van der Waals surface area contributed by atoms with E-state index in [-0.39, 0.29) is 12.5 Å². The largest absolute Gasteiger partial charge is 0.412 e. The first-order valence-corrected chi connectivity index (χ1v) is 9.45. The van der Waals surface area contributed by atoms with Crippen molar-refractivity contribution in [2.45, 2.75) is 45.3 Å². The van der Waals surface area contributed by atoms with Gasteiger partial charge in [-0.05, 0) is 54.5 Å². The van der Waals surface area contributed by atoms with Crippen LogP contribution in [0, 0.1) is 5.41 Å². The Hall–Kier alpha value is -2.07. The van der Waals surface area contributed by atoms with Gasteiger partial charge in [-0.25, -0.2) is 0 Å². The van der Waals surface area contributed by atoms with E-state index in [1.807, 2.05) is 25.1 Å². The number of fused-ring (bicyclic) bond motifs is 1. The van der Waals surface area contributed by atoms with Crippen molar-refractivity contribution in [2.75, 3.05) is 6.54 Å². The zero-order chi connectivity index (χ0) is 19.5. The molecule has 0 aromatic heterocycles. The van der Waals surface area contributed by atoms with Crippen molar-refractivity contribution >= 4 is 10.8 Å². The van der Waals surface area contributed by atoms with Gasteiger partial charge < -0.3 is 5.32 Å². The van der Waals surface area contributed by atoms with Crippen molar-refractivity contribution in [3.8, 4) is 0 Å². The fraction of sp³-hybridized carbons (Fsp3) is 0.391. The lowest BCUT2D eigenvalue weighted by molar-refractivity contribution is -0.0967. The maximum Gasteiger partial charge on any atom is 0.412 e. The van der Waals surface area contributed by atoms with Crippen molar-refractivity contribution in [1.82, 2.24) is 5.32 Å². The van der Waals surface area contributed by atoms with E-state index in [4.69, 9.17) is 0 Å². The van der Waals surface area contributed by atoms with Crippen molar-refractivity contribution < 1.29 is 13.2 Å². The van der Waals surface area contributed by atoms with Crippen LogP contribution in [0.15, 0.2) is 66.3 Å². The van der Waals surface area contributed by atoms with Gasteiger partial charge in [-0.1, -0.05) is 67.6 Å². The summed E-state index contributed by atoms with van der Waals surface area (Å²) in [5.74, 6) is 0. The maximum absolute atomic E-state index is 13.0. The van der Waals surface area contributed by atoms with Crippen molar-refractivity contribution in [3.63, 3.8) is 0 Å². The number of nitrogens with one attached hydrogen (secondary N) is 1. The Balaban J connectivity index is 1.54. The predicted molar refractivity (Wildman–Crippen MR) is 106 cm³/mol. The molecule has 0 saturated carbocycles. The molecule has 2 unspecified atom stereocenters. The van der Waals surface area contributed by atoms with Crippen LogP contribution in [0.3, 0.4) is 0 Å². The van der Waals surface area contributed by atoms with Gasteiger partial charge in [-0.15, -0.1) is 0 Å². The number of rotatable bonds is 6. The first-order chi connectivity index (χ1) is 12.8. The average Bonchev–Trinajstić information content (AvgIpc) is 2.64. The van der Waals surface area contributed by atoms with Gasteiger partial charge in [0.1, 0.15) is 0 Å². The van der Waals surface area contributed by atoms with E-state index in [9.17, 15) is 13.2 Å². The maximum atomic E-state index is 13.0. The quantitative estimate of drug-likeness (QED) is 0.554. The number of benzene rings is 2. The number of alkyl halides is 3. The highest BCUT2D eigenvalue weighted by molar-refractivity contribution is 5.86. The molecule has 4 heteroatoms. The highest BCUT2D eigenvalue weighted by Gasteiger charge is 2.38. The van der Waals surface area contributed by atoms with E-state index in [0.29, 0.717) is 0 Å². The van der Waals surface area contributed by atoms with Crippen LogP contribution in [0.25, 0.3) is 10.8 Å². The highest BCUT2D eigenvalue weighted by Crippen LogP contribution is 2.41. The summed E-state index contributed by atoms with van der Waals surface area (Å²) < 4.78 is 38.9. The molecule has 0 aliphatic heterocycles. The Kier molecular flexibility index (Phi) is 5.75. The molecule has 1 aliphatic carbocycles. The average molecular weight is 373 g/mol. The molecular formula is C23H26F3N. The third-order valence-electron chi connectivity index (χ3n) is 5.42. The molecule has 0 saturated heterocycles. The number of hydrogen-bond acceptors (Lipinski definition) is 1. The van der Waals surface area contributed by atoms with Gasteiger partial charge in [0.15, 0.2) is 0 Å². The van der Waals surface area contributed by atoms with E-state index in [2.05, 4.69) is 42.6 Å². The minimum Gasteiger partial charge on any atom is -0.310 e. The first-order valence-electron chi connectivity index (χ1n) is 9.45. The van der Waals surface area contributed by atoms with E-state index >= 15 is 0 Å². The summed E-state index contributed by atoms with van der Waals surface area (Å²) in [4.78, 5) is 0. The zero-order valence-electron chi connectivity index (χ0n) is 15.8. The Morgan fingerprint density at radius 1 is 1.11 bits per heavy atom. The first kappa shape index (κ1) is 19.7. The van der Waals surface area contributed by atoms with Crippen molar-refractivity contribution in [1.29, 1.82) is 0 Å². The van der Waals surface area contributed by atoms with Gasteiger partial charge in [0.05, 0.1) is 0 Å². The Morgan fingerprint density at radius 3 is 2.63 bits per heavy atom. The second-order valence-corrected chi connectivity index (χ2v) is 7.73. The lowest BCUT2D eigenvalue weighted by Crippen LogP contribution is -2.26. The molecule has 0 fully saturated rings. The molecule has 1 aliphatic rings. The SMILES string of the molecule is CC(NCCCC1(C)C=CC=C(C(F)(F)F)C1)c1cccc2ccccc12. The Labute approximate surface area is 159 Å². The summed E-state index contributed by atoms with van der Waals surface area (Å²) in [6, 6.07) is 14.8. The van der Waals surface area contributed by atoms with Crippen molar-refractivity contribution in [3.05, 3.63) is 71.8 Å². The van der Waals surface area contributed by atoms with Crippen LogP contribution < -0.4 is 5.32 Å². The zero-order valence-corrected chi connectivity index (χ0v) is 15.8. The number of hydrogen-bond donors (Lipinski definition) is 1. The Morgan fingerprint density at radius 2 is 1.85 bits per heavy atom. The van der Waals surface area contributed by atoms with Crippen LogP contribution in [0.1, 0.15) is 44.7 Å². The molecular weight excluding hydrogens is 347 g/mol. The van der Waals surface area contributed by atoms with Gasteiger partial charge in [-0.3, -0.25) is 0 Å². The van der Waals surface area contributed by atoms with E-state index in [0.717, 1.165) is 19.4 Å². The molecule has 2 aromatic carbocycles. The summed E-state index contributed by atoms with van der Waals surface area (Å²) in [7, 11) is 0. The number of allylic oxidation sites excluding steroid dienone is 4. The van der Waals surface area contributed by atoms with E-state index < -0.39 is 17.2 Å². The fourth-order valence-electron chi connectivity index (χ4n) is 3.86. The van der Waals surface area contributed by atoms with Gasteiger partial charge >= 0.3 is 6.18 Å². The Bertz CT molecular complexity index is 845. The van der Waals surface area contributed by atoms with Crippen LogP contribution in [-0.4, -0.2) is 12.7 Å². The minimum absolute atomic E-state index is 0.0614. The van der Waals surface area contributed by atoms with Gasteiger partial charge in [0.25, 0.3) is 0 Å². The van der Waals surface area contributed by atoms with E-state index in [1.54, 1.807) is 6.08 Å². The molecule has 1 N–H and O–H groups in total. The van der Waals surface area contributed by atoms with Gasteiger partial charge in [0, 0.05) is 11.6 Å². The highest BCUT2D eigenvalue weighted by atomic mass is 19.4. The summed E-state index contributed by atoms with van der Waals surface area (Å²) in [5.41, 5.74) is 0.396. The van der Waals surface area contributed by atoms with E-state index in [1.165, 1.54) is 22.4 Å². The molecule has 1 nitrogen and oxygen atoms in total. The standard InChI is InChI=1S/C23H26F3N/c1-17(20-12-5-9-18-8-3-4-11-21(18)20)27-15-7-14-22(2)13-6-10-19(16-22)23(24,25)26/h3-6,8-13,17,27H,7,14-16H2,1-2H3. The number of halogens is 3. The van der Waals surface area contributed by atoms with Crippen LogP contribution >= 0.6 is 0 Å². The molecule has 0 spiro atoms. The van der Waals surface area contributed by atoms with Crippen LogP contribution in [-0.2, 0) is 0 Å². The third-order valence-corrected chi connectivity index (χ3v) is 5.42. The predicted octanol–water partition coefficient (Wildman–Crippen LogP) is 6.73. The molecule has 2 atom stereocenters. The molecule has 0 radical (unpaired) electrons. The van der Waals surface area contributed by atoms with Crippen molar-refractivity contribution in [2.24, 2.45) is 5.41 Å². The normalized spacial score (nSPS) is 21.3. The van der Waals surface area contributed by atoms with Gasteiger partial charge in [-0.2, -0.15) is 13.2 Å². The monoisotopic (exact) mass is 373 g/mol. The summed E-state index contributed by atoms with van der Waals surface area (Å²) in [5, 5.41) is 5.98. The van der Waals surface area contributed by atoms with Crippen LogP contribution in [0.4, 0.5) is 13.2 Å². The lowest BCUT2D eigenvalue weighted by atomic mass is 9.76. The second-order valence-electron chi connectivity index (χ2n) is 7.73. The third kappa shape index (κ3) is 4.81. The molecule has 0 amide bonds. The minimum atomic E-state index is -4.23. The molecule has 144 valence electrons. The molecule has 2 aromatic rings.